The summed E-state index contributed by atoms with van der Waals surface area (Å²) in [4.78, 5) is 38.0. The predicted octanol–water partition coefficient (Wildman–Crippen LogP) is 2.56. The molecule has 4 rings (SSSR count). The van der Waals surface area contributed by atoms with E-state index >= 15 is 8.78 Å². The van der Waals surface area contributed by atoms with E-state index in [1.807, 2.05) is 0 Å². The van der Waals surface area contributed by atoms with E-state index in [0.29, 0.717) is 5.69 Å². The second-order valence-electron chi connectivity index (χ2n) is 8.13. The van der Waals surface area contributed by atoms with Gasteiger partial charge >= 0.3 is 0 Å². The van der Waals surface area contributed by atoms with Crippen molar-refractivity contribution in [2.45, 2.75) is 0 Å². The largest absolute Gasteiger partial charge is 0.494 e. The maximum Gasteiger partial charge on any atom is 0.247 e. The number of nitrogens with one attached hydrogen (secondary N) is 3. The SMILES string of the molecule is C=CC(=O)Nc1cn(C)nc1Nc1ncc2nc(C(=O)c3c(F)c(OC)cc(OC)c3F)c(NCCO)cc2n1. The van der Waals surface area contributed by atoms with Gasteiger partial charge in [0.25, 0.3) is 0 Å². The number of methoxy groups -OCH3 is 2. The van der Waals surface area contributed by atoms with E-state index in [0.717, 1.165) is 26.4 Å². The number of carbonyl (C=O) groups excluding carboxylic acids is 2. The smallest absolute Gasteiger partial charge is 0.247 e. The van der Waals surface area contributed by atoms with Crippen molar-refractivity contribution >= 4 is 45.9 Å². The van der Waals surface area contributed by atoms with E-state index in [9.17, 15) is 14.7 Å². The van der Waals surface area contributed by atoms with E-state index in [-0.39, 0.29) is 47.3 Å². The molecule has 0 saturated heterocycles. The Morgan fingerprint density at radius 1 is 1.10 bits per heavy atom. The second kappa shape index (κ2) is 11.7. The minimum Gasteiger partial charge on any atom is -0.494 e. The molecule has 0 unspecified atom stereocenters. The molecule has 0 aliphatic rings. The Bertz CT molecular complexity index is 1600. The van der Waals surface area contributed by atoms with Gasteiger partial charge in [-0.15, -0.1) is 0 Å². The number of aryl methyl sites for hydroxylation is 1. The summed E-state index contributed by atoms with van der Waals surface area (Å²) in [6.07, 6.45) is 3.96. The van der Waals surface area contributed by atoms with Gasteiger partial charge in [-0.1, -0.05) is 6.58 Å². The number of hydrogen-bond acceptors (Lipinski definition) is 11. The highest BCUT2D eigenvalue weighted by molar-refractivity contribution is 6.13. The van der Waals surface area contributed by atoms with Crippen LogP contribution in [0.2, 0.25) is 0 Å². The number of halogens is 2. The number of anilines is 4. The molecule has 4 aromatic rings. The van der Waals surface area contributed by atoms with Crippen LogP contribution in [0.1, 0.15) is 16.1 Å². The summed E-state index contributed by atoms with van der Waals surface area (Å²) in [5, 5.41) is 21.9. The number of nitrogens with zero attached hydrogens (tertiary/aromatic N) is 5. The maximum atomic E-state index is 15.1. The number of ketones is 1. The van der Waals surface area contributed by atoms with Crippen molar-refractivity contribution in [2.75, 3.05) is 43.3 Å². The Kier molecular flexibility index (Phi) is 8.14. The summed E-state index contributed by atoms with van der Waals surface area (Å²) in [6.45, 7) is 3.10. The molecular formula is C25H24F2N8O5. The van der Waals surface area contributed by atoms with Gasteiger partial charge in [-0.2, -0.15) is 5.10 Å². The van der Waals surface area contributed by atoms with Gasteiger partial charge in [-0.05, 0) is 12.1 Å². The van der Waals surface area contributed by atoms with Gasteiger partial charge in [0.05, 0.1) is 44.4 Å². The highest BCUT2D eigenvalue weighted by Gasteiger charge is 2.29. The summed E-state index contributed by atoms with van der Waals surface area (Å²) >= 11 is 0. The molecule has 3 heterocycles. The van der Waals surface area contributed by atoms with Crippen molar-refractivity contribution < 1.29 is 33.0 Å². The van der Waals surface area contributed by atoms with Gasteiger partial charge in [0.2, 0.25) is 17.6 Å². The van der Waals surface area contributed by atoms with Gasteiger partial charge < -0.3 is 30.5 Å². The molecule has 1 amide bonds. The lowest BCUT2D eigenvalue weighted by Gasteiger charge is -2.15. The van der Waals surface area contributed by atoms with Crippen LogP contribution in [-0.4, -0.2) is 68.9 Å². The Balaban J connectivity index is 1.78. The number of pyridine rings is 1. The van der Waals surface area contributed by atoms with E-state index in [4.69, 9.17) is 9.47 Å². The fourth-order valence-electron chi connectivity index (χ4n) is 3.69. The number of aromatic nitrogens is 5. The first-order chi connectivity index (χ1) is 19.2. The molecule has 0 saturated carbocycles. The number of aliphatic hydroxyl groups is 1. The highest BCUT2D eigenvalue weighted by Crippen LogP contribution is 2.34. The summed E-state index contributed by atoms with van der Waals surface area (Å²) in [5.41, 5.74) is -0.519. The zero-order chi connectivity index (χ0) is 29.0. The van der Waals surface area contributed by atoms with Crippen LogP contribution in [0.25, 0.3) is 11.0 Å². The van der Waals surface area contributed by atoms with Crippen LogP contribution in [0.5, 0.6) is 11.5 Å². The lowest BCUT2D eigenvalue weighted by atomic mass is 10.0. The third-order valence-corrected chi connectivity index (χ3v) is 5.51. The first kappa shape index (κ1) is 27.8. The zero-order valence-corrected chi connectivity index (χ0v) is 21.6. The van der Waals surface area contributed by atoms with Crippen molar-refractivity contribution in [1.29, 1.82) is 0 Å². The minimum absolute atomic E-state index is 0.00362. The molecule has 0 atom stereocenters. The fourth-order valence-corrected chi connectivity index (χ4v) is 3.69. The first-order valence-electron chi connectivity index (χ1n) is 11.6. The lowest BCUT2D eigenvalue weighted by Crippen LogP contribution is -2.16. The fraction of sp³-hybridized carbons (Fsp3) is 0.200. The number of aliphatic hydroxyl groups excluding tert-OH is 1. The number of fused-ring (bicyclic) bond motifs is 1. The monoisotopic (exact) mass is 554 g/mol. The highest BCUT2D eigenvalue weighted by atomic mass is 19.1. The summed E-state index contributed by atoms with van der Waals surface area (Å²) in [5.74, 6) is -4.49. The van der Waals surface area contributed by atoms with Crippen molar-refractivity contribution in [3.8, 4) is 11.5 Å². The zero-order valence-electron chi connectivity index (χ0n) is 21.6. The van der Waals surface area contributed by atoms with Crippen LogP contribution in [0.15, 0.2) is 37.2 Å². The molecule has 0 bridgehead atoms. The number of benzene rings is 1. The summed E-state index contributed by atoms with van der Waals surface area (Å²) in [6, 6.07) is 2.41. The number of amides is 1. The molecule has 0 spiro atoms. The Hall–Kier alpha value is -5.18. The Morgan fingerprint density at radius 2 is 1.80 bits per heavy atom. The van der Waals surface area contributed by atoms with Crippen molar-refractivity contribution in [1.82, 2.24) is 24.7 Å². The molecule has 0 radical (unpaired) electrons. The van der Waals surface area contributed by atoms with Gasteiger partial charge in [0, 0.05) is 19.7 Å². The van der Waals surface area contributed by atoms with Crippen LogP contribution in [0, 0.1) is 11.6 Å². The van der Waals surface area contributed by atoms with E-state index in [2.05, 4.69) is 42.6 Å². The number of hydrogen-bond donors (Lipinski definition) is 4. The third-order valence-electron chi connectivity index (χ3n) is 5.51. The molecule has 0 aliphatic heterocycles. The summed E-state index contributed by atoms with van der Waals surface area (Å²) < 4.78 is 41.5. The van der Waals surface area contributed by atoms with Crippen LogP contribution < -0.4 is 25.4 Å². The number of rotatable bonds is 11. The second-order valence-corrected chi connectivity index (χ2v) is 8.13. The first-order valence-corrected chi connectivity index (χ1v) is 11.6. The molecule has 1 aromatic carbocycles. The van der Waals surface area contributed by atoms with Crippen molar-refractivity contribution in [2.24, 2.45) is 7.05 Å². The Morgan fingerprint density at radius 3 is 2.42 bits per heavy atom. The maximum absolute atomic E-state index is 15.1. The van der Waals surface area contributed by atoms with Crippen molar-refractivity contribution in [3.63, 3.8) is 0 Å². The molecule has 15 heteroatoms. The average Bonchev–Trinajstić information content (AvgIpc) is 3.28. The van der Waals surface area contributed by atoms with Crippen LogP contribution in [0.4, 0.5) is 31.9 Å². The Labute approximate surface area is 225 Å². The standard InChI is InChI=1S/C25H24F2N8O5/c1-5-18(37)30-15-11-35(2)34-24(15)33-25-29-10-14-12(32-25)8-13(28-6-7-36)22(31-14)23(38)19-20(26)16(39-3)9-17(40-4)21(19)27/h5,8-11,28,36H,1,6-7H2,2-4H3,(H,30,37)(H,29,32,33,34). The topological polar surface area (TPSA) is 165 Å². The van der Waals surface area contributed by atoms with Crippen LogP contribution >= 0.6 is 0 Å². The van der Waals surface area contributed by atoms with Gasteiger partial charge in [-0.3, -0.25) is 14.3 Å². The number of ether oxygens (including phenoxy) is 2. The lowest BCUT2D eigenvalue weighted by molar-refractivity contribution is -0.111. The van der Waals surface area contributed by atoms with Crippen molar-refractivity contribution in [3.05, 3.63) is 60.1 Å². The molecule has 0 aliphatic carbocycles. The summed E-state index contributed by atoms with van der Waals surface area (Å²) in [7, 11) is 3.98. The normalized spacial score (nSPS) is 10.8. The third kappa shape index (κ3) is 5.49. The van der Waals surface area contributed by atoms with Gasteiger partial charge in [-0.25, -0.2) is 23.7 Å². The van der Waals surface area contributed by atoms with Gasteiger partial charge in [0.15, 0.2) is 29.0 Å². The molecule has 208 valence electrons. The molecule has 13 nitrogen and oxygen atoms in total. The molecular weight excluding hydrogens is 530 g/mol. The van der Waals surface area contributed by atoms with E-state index in [1.54, 1.807) is 13.2 Å². The predicted molar refractivity (Wildman–Crippen MR) is 141 cm³/mol. The van der Waals surface area contributed by atoms with E-state index < -0.39 is 40.4 Å². The molecule has 4 N–H and O–H groups in total. The van der Waals surface area contributed by atoms with E-state index in [1.165, 1.54) is 16.9 Å². The molecule has 3 aromatic heterocycles. The molecule has 40 heavy (non-hydrogen) atoms. The average molecular weight is 555 g/mol. The van der Waals surface area contributed by atoms with Crippen LogP contribution in [0.3, 0.4) is 0 Å². The van der Waals surface area contributed by atoms with Gasteiger partial charge in [0.1, 0.15) is 22.5 Å². The number of carbonyl (C=O) groups is 2. The minimum atomic E-state index is -1.23. The van der Waals surface area contributed by atoms with Crippen LogP contribution in [-0.2, 0) is 11.8 Å². The quantitative estimate of drug-likeness (QED) is 0.159. The molecule has 0 fully saturated rings.